The molecule has 1 aliphatic heterocycles. The van der Waals surface area contributed by atoms with Gasteiger partial charge in [-0.2, -0.15) is 0 Å². The summed E-state index contributed by atoms with van der Waals surface area (Å²) in [5.74, 6) is 0.634. The quantitative estimate of drug-likeness (QED) is 0.871. The summed E-state index contributed by atoms with van der Waals surface area (Å²) in [4.78, 5) is 0. The van der Waals surface area contributed by atoms with Gasteiger partial charge in [-0.1, -0.05) is 12.8 Å². The van der Waals surface area contributed by atoms with Gasteiger partial charge in [-0.25, -0.2) is 0 Å². The van der Waals surface area contributed by atoms with Crippen LogP contribution in [0.15, 0.2) is 21.2 Å². The molecule has 2 atom stereocenters. The SMILES string of the molecule is OC(c1occc1Br)C1CCCCCN1. The summed E-state index contributed by atoms with van der Waals surface area (Å²) in [5.41, 5.74) is 0. The van der Waals surface area contributed by atoms with Crippen LogP contribution >= 0.6 is 15.9 Å². The highest BCUT2D eigenvalue weighted by molar-refractivity contribution is 9.10. The monoisotopic (exact) mass is 273 g/mol. The number of furan rings is 1. The summed E-state index contributed by atoms with van der Waals surface area (Å²) in [7, 11) is 0. The van der Waals surface area contributed by atoms with Crippen molar-refractivity contribution < 1.29 is 9.52 Å². The summed E-state index contributed by atoms with van der Waals surface area (Å²) in [5, 5.41) is 13.5. The van der Waals surface area contributed by atoms with Gasteiger partial charge in [-0.3, -0.25) is 0 Å². The molecule has 1 aromatic rings. The highest BCUT2D eigenvalue weighted by Gasteiger charge is 2.25. The van der Waals surface area contributed by atoms with E-state index in [-0.39, 0.29) is 6.04 Å². The van der Waals surface area contributed by atoms with Crippen molar-refractivity contribution in [3.05, 3.63) is 22.6 Å². The van der Waals surface area contributed by atoms with Crippen molar-refractivity contribution in [2.75, 3.05) is 6.54 Å². The van der Waals surface area contributed by atoms with E-state index in [1.807, 2.05) is 6.07 Å². The fourth-order valence-electron chi connectivity index (χ4n) is 2.02. The van der Waals surface area contributed by atoms with Gasteiger partial charge in [0.05, 0.1) is 10.7 Å². The van der Waals surface area contributed by atoms with Gasteiger partial charge in [0.15, 0.2) is 0 Å². The van der Waals surface area contributed by atoms with Crippen LogP contribution in [0.5, 0.6) is 0 Å². The Labute approximate surface area is 98.0 Å². The highest BCUT2D eigenvalue weighted by Crippen LogP contribution is 2.29. The van der Waals surface area contributed by atoms with Crippen LogP contribution in [0.4, 0.5) is 0 Å². The van der Waals surface area contributed by atoms with Crippen molar-refractivity contribution in [2.45, 2.75) is 37.8 Å². The van der Waals surface area contributed by atoms with Gasteiger partial charge in [-0.15, -0.1) is 0 Å². The Kier molecular flexibility index (Phi) is 3.83. The van der Waals surface area contributed by atoms with Crippen LogP contribution in [-0.2, 0) is 0 Å². The molecule has 0 radical (unpaired) electrons. The van der Waals surface area contributed by atoms with Crippen LogP contribution in [0.2, 0.25) is 0 Å². The third kappa shape index (κ3) is 2.62. The van der Waals surface area contributed by atoms with Crippen molar-refractivity contribution in [1.82, 2.24) is 5.32 Å². The molecule has 0 spiro atoms. The zero-order valence-electron chi connectivity index (χ0n) is 8.58. The number of hydrogen-bond acceptors (Lipinski definition) is 3. The van der Waals surface area contributed by atoms with Crippen molar-refractivity contribution in [3.63, 3.8) is 0 Å². The van der Waals surface area contributed by atoms with E-state index >= 15 is 0 Å². The standard InChI is InChI=1S/C11H16BrNO2/c12-8-5-7-15-11(8)10(14)9-4-2-1-3-6-13-9/h5,7,9-10,13-14H,1-4,6H2. The summed E-state index contributed by atoms with van der Waals surface area (Å²) in [6.07, 6.45) is 5.67. The number of aliphatic hydroxyl groups is 1. The Hall–Kier alpha value is -0.320. The average Bonchev–Trinajstić information content (AvgIpc) is 2.53. The largest absolute Gasteiger partial charge is 0.465 e. The second-order valence-corrected chi connectivity index (χ2v) is 4.84. The van der Waals surface area contributed by atoms with Crippen LogP contribution < -0.4 is 5.32 Å². The molecule has 4 heteroatoms. The minimum atomic E-state index is -0.549. The lowest BCUT2D eigenvalue weighted by Gasteiger charge is -2.20. The predicted octanol–water partition coefficient (Wildman–Crippen LogP) is 2.61. The van der Waals surface area contributed by atoms with Gasteiger partial charge in [0.2, 0.25) is 0 Å². The van der Waals surface area contributed by atoms with Gasteiger partial charge in [0, 0.05) is 6.04 Å². The molecule has 84 valence electrons. The molecule has 0 saturated carbocycles. The smallest absolute Gasteiger partial charge is 0.147 e. The predicted molar refractivity (Wildman–Crippen MR) is 61.6 cm³/mol. The Balaban J connectivity index is 2.06. The van der Waals surface area contributed by atoms with E-state index in [2.05, 4.69) is 21.2 Å². The molecular formula is C11H16BrNO2. The first-order valence-corrected chi connectivity index (χ1v) is 6.22. The summed E-state index contributed by atoms with van der Waals surface area (Å²) >= 11 is 3.37. The fourth-order valence-corrected chi connectivity index (χ4v) is 2.46. The molecule has 1 fully saturated rings. The second-order valence-electron chi connectivity index (χ2n) is 3.99. The van der Waals surface area contributed by atoms with Gasteiger partial charge >= 0.3 is 0 Å². The lowest BCUT2D eigenvalue weighted by Crippen LogP contribution is -2.34. The van der Waals surface area contributed by atoms with Crippen molar-refractivity contribution in [1.29, 1.82) is 0 Å². The van der Waals surface area contributed by atoms with E-state index in [0.29, 0.717) is 5.76 Å². The maximum Gasteiger partial charge on any atom is 0.147 e. The molecule has 0 aliphatic carbocycles. The highest BCUT2D eigenvalue weighted by atomic mass is 79.9. The number of hydrogen-bond donors (Lipinski definition) is 2. The maximum atomic E-state index is 10.2. The fraction of sp³-hybridized carbons (Fsp3) is 0.636. The van der Waals surface area contributed by atoms with E-state index in [1.54, 1.807) is 6.26 Å². The Morgan fingerprint density at radius 2 is 2.33 bits per heavy atom. The molecule has 15 heavy (non-hydrogen) atoms. The van der Waals surface area contributed by atoms with Gasteiger partial charge in [-0.05, 0) is 41.4 Å². The summed E-state index contributed by atoms with van der Waals surface area (Å²) in [6.45, 7) is 0.986. The minimum absolute atomic E-state index is 0.120. The number of rotatable bonds is 2. The van der Waals surface area contributed by atoms with Gasteiger partial charge < -0.3 is 14.8 Å². The Morgan fingerprint density at radius 3 is 3.07 bits per heavy atom. The molecule has 0 amide bonds. The Morgan fingerprint density at radius 1 is 1.47 bits per heavy atom. The van der Waals surface area contributed by atoms with E-state index < -0.39 is 6.10 Å². The first-order chi connectivity index (χ1) is 7.29. The van der Waals surface area contributed by atoms with E-state index in [9.17, 15) is 5.11 Å². The zero-order chi connectivity index (χ0) is 10.7. The van der Waals surface area contributed by atoms with Gasteiger partial charge in [0.25, 0.3) is 0 Å². The molecule has 2 unspecified atom stereocenters. The topological polar surface area (TPSA) is 45.4 Å². The van der Waals surface area contributed by atoms with Crippen molar-refractivity contribution in [2.24, 2.45) is 0 Å². The average molecular weight is 274 g/mol. The van der Waals surface area contributed by atoms with Crippen LogP contribution in [-0.4, -0.2) is 17.7 Å². The third-order valence-electron chi connectivity index (χ3n) is 2.89. The minimum Gasteiger partial charge on any atom is -0.465 e. The molecule has 1 aliphatic rings. The molecule has 2 rings (SSSR count). The van der Waals surface area contributed by atoms with Crippen LogP contribution in [0.25, 0.3) is 0 Å². The Bertz CT molecular complexity index is 305. The molecular weight excluding hydrogens is 258 g/mol. The summed E-state index contributed by atoms with van der Waals surface area (Å²) < 4.78 is 6.13. The molecule has 1 saturated heterocycles. The van der Waals surface area contributed by atoms with E-state index in [4.69, 9.17) is 4.42 Å². The van der Waals surface area contributed by atoms with Crippen LogP contribution in [0.1, 0.15) is 37.5 Å². The molecule has 0 bridgehead atoms. The lowest BCUT2D eigenvalue weighted by atomic mass is 10.0. The molecule has 0 aromatic carbocycles. The maximum absolute atomic E-state index is 10.2. The zero-order valence-corrected chi connectivity index (χ0v) is 10.2. The molecule has 2 heterocycles. The molecule has 1 aromatic heterocycles. The van der Waals surface area contributed by atoms with Crippen molar-refractivity contribution >= 4 is 15.9 Å². The van der Waals surface area contributed by atoms with E-state index in [0.717, 1.165) is 17.4 Å². The van der Waals surface area contributed by atoms with Crippen molar-refractivity contribution in [3.8, 4) is 0 Å². The first-order valence-electron chi connectivity index (χ1n) is 5.43. The third-order valence-corrected chi connectivity index (χ3v) is 3.55. The van der Waals surface area contributed by atoms with E-state index in [1.165, 1.54) is 19.3 Å². The van der Waals surface area contributed by atoms with Gasteiger partial charge in [0.1, 0.15) is 11.9 Å². The first kappa shape index (κ1) is 11.2. The second kappa shape index (κ2) is 5.14. The number of nitrogens with one attached hydrogen (secondary N) is 1. The normalized spacial score (nSPS) is 24.8. The number of aliphatic hydroxyl groups excluding tert-OH is 1. The molecule has 3 nitrogen and oxygen atoms in total. The summed E-state index contributed by atoms with van der Waals surface area (Å²) in [6, 6.07) is 1.94. The lowest BCUT2D eigenvalue weighted by molar-refractivity contribution is 0.102. The molecule has 2 N–H and O–H groups in total. The van der Waals surface area contributed by atoms with Crippen LogP contribution in [0.3, 0.4) is 0 Å². The number of halogens is 1. The van der Waals surface area contributed by atoms with Crippen LogP contribution in [0, 0.1) is 0 Å².